The fraction of sp³-hybridized carbons (Fsp3) is 0.400. The van der Waals surface area contributed by atoms with E-state index < -0.39 is 13.4 Å². The molecule has 2 aliphatic rings. The summed E-state index contributed by atoms with van der Waals surface area (Å²) in [7, 11) is 18.5. The van der Waals surface area contributed by atoms with Crippen molar-refractivity contribution >= 4 is 55.6 Å². The average molecular weight is 396 g/mol. The van der Waals surface area contributed by atoms with Gasteiger partial charge in [-0.1, -0.05) is 0 Å². The van der Waals surface area contributed by atoms with E-state index in [0.29, 0.717) is 0 Å². The van der Waals surface area contributed by atoms with E-state index in [9.17, 15) is 0 Å². The van der Waals surface area contributed by atoms with Crippen molar-refractivity contribution in [1.29, 1.82) is 0 Å². The van der Waals surface area contributed by atoms with Crippen LogP contribution in [0.3, 0.4) is 0 Å². The summed E-state index contributed by atoms with van der Waals surface area (Å²) in [5, 5.41) is 0. The molecule has 1 heterocycles. The first-order valence-electron chi connectivity index (χ1n) is 4.77. The molecule has 0 aromatic rings. The number of thioether (sulfide) groups is 1. The van der Waals surface area contributed by atoms with E-state index in [1.54, 1.807) is 11.8 Å². The van der Waals surface area contributed by atoms with Crippen molar-refractivity contribution in [3.05, 3.63) is 31.7 Å². The second kappa shape index (κ2) is 4.63. The van der Waals surface area contributed by atoms with Crippen molar-refractivity contribution in [2.45, 2.75) is 24.3 Å². The third-order valence-corrected chi connectivity index (χ3v) is 13.8. The molecule has 1 aliphatic heterocycles. The van der Waals surface area contributed by atoms with Gasteiger partial charge in [-0.15, -0.1) is 0 Å². The van der Waals surface area contributed by atoms with Crippen LogP contribution in [-0.4, -0.2) is 3.55 Å². The van der Waals surface area contributed by atoms with Crippen molar-refractivity contribution < 1.29 is 13.4 Å². The van der Waals surface area contributed by atoms with E-state index in [1.165, 1.54) is 27.2 Å². The molecule has 0 radical (unpaired) electrons. The van der Waals surface area contributed by atoms with Crippen LogP contribution in [0, 0.1) is 0 Å². The van der Waals surface area contributed by atoms with Crippen LogP contribution in [0.25, 0.3) is 0 Å². The number of allylic oxidation sites excluding steroid dienone is 4. The molecule has 1 unspecified atom stereocenters. The van der Waals surface area contributed by atoms with E-state index >= 15 is 0 Å². The maximum atomic E-state index is 6.17. The quantitative estimate of drug-likeness (QED) is 0.494. The number of hydrogen-bond acceptors (Lipinski definition) is 1. The van der Waals surface area contributed by atoms with Gasteiger partial charge in [-0.3, -0.25) is 0 Å². The van der Waals surface area contributed by atoms with E-state index in [4.69, 9.17) is 27.9 Å². The molecule has 0 fully saturated rings. The Morgan fingerprint density at radius 1 is 1.06 bits per heavy atom. The molecule has 0 spiro atoms. The molecule has 0 aromatic carbocycles. The van der Waals surface area contributed by atoms with Crippen LogP contribution in [0.2, 0.25) is 0 Å². The predicted octanol–water partition coefficient (Wildman–Crippen LogP) is 5.95. The second-order valence-corrected chi connectivity index (χ2v) is 19.0. The molecule has 0 aromatic heterocycles. The molecule has 0 N–H and O–H groups in total. The topological polar surface area (TPSA) is 0 Å². The monoisotopic (exact) mass is 394 g/mol. The summed E-state index contributed by atoms with van der Waals surface area (Å²) in [4.78, 5) is 1.30. The first-order chi connectivity index (χ1) is 7.25. The van der Waals surface area contributed by atoms with Crippen LogP contribution < -0.4 is 0 Å². The Balaban J connectivity index is 2.54. The number of halogens is 4. The van der Waals surface area contributed by atoms with E-state index in [2.05, 4.69) is 36.7 Å². The van der Waals surface area contributed by atoms with Gasteiger partial charge >= 0.3 is 125 Å². The van der Waals surface area contributed by atoms with Gasteiger partial charge in [0.15, 0.2) is 0 Å². The van der Waals surface area contributed by atoms with Crippen LogP contribution in [0.15, 0.2) is 31.7 Å². The molecule has 16 heavy (non-hydrogen) atoms. The zero-order valence-corrected chi connectivity index (χ0v) is 15.2. The molecule has 6 heteroatoms. The summed E-state index contributed by atoms with van der Waals surface area (Å²) >= 11 is 2.12. The number of rotatable bonds is 1. The van der Waals surface area contributed by atoms with Crippen molar-refractivity contribution in [3.8, 4) is 0 Å². The van der Waals surface area contributed by atoms with Gasteiger partial charge in [-0.2, -0.15) is 0 Å². The van der Waals surface area contributed by atoms with Crippen LogP contribution >= 0.6 is 55.6 Å². The summed E-state index contributed by atoms with van der Waals surface area (Å²) in [5.41, 5.74) is 5.26. The van der Waals surface area contributed by atoms with Crippen molar-refractivity contribution in [2.75, 3.05) is 0 Å². The Labute approximate surface area is 124 Å². The normalized spacial score (nSPS) is 26.1. The van der Waals surface area contributed by atoms with Crippen LogP contribution in [0.4, 0.5) is 0 Å². The molecular weight excluding hydrogens is 386 g/mol. The van der Waals surface area contributed by atoms with Crippen molar-refractivity contribution in [3.63, 3.8) is 0 Å². The fourth-order valence-corrected chi connectivity index (χ4v) is 12.1. The standard InChI is InChI=1S/C10H10BrS.3ClH.Ti/c1-5-6(2)9-8(11)4-12-10(9)7(5)3;;;;/h4H,1-3H3;3*1H;/q;;;;+3/p-3. The molecule has 0 nitrogen and oxygen atoms in total. The molecular formula is C10H10BrCl3STi. The van der Waals surface area contributed by atoms with Gasteiger partial charge in [0, 0.05) is 0 Å². The Hall–Kier alpha value is 1.63. The van der Waals surface area contributed by atoms with E-state index in [0.717, 1.165) is 4.48 Å². The second-order valence-electron chi connectivity index (χ2n) is 3.97. The summed E-state index contributed by atoms with van der Waals surface area (Å²) < 4.78 is 1.13. The van der Waals surface area contributed by atoms with Gasteiger partial charge in [0.2, 0.25) is 0 Å². The predicted molar refractivity (Wildman–Crippen MR) is 76.0 cm³/mol. The van der Waals surface area contributed by atoms with Gasteiger partial charge in [-0.05, 0) is 0 Å². The first kappa shape index (κ1) is 14.1. The van der Waals surface area contributed by atoms with Gasteiger partial charge in [0.1, 0.15) is 0 Å². The van der Waals surface area contributed by atoms with Crippen molar-refractivity contribution in [2.24, 2.45) is 0 Å². The summed E-state index contributed by atoms with van der Waals surface area (Å²) in [6.07, 6.45) is 0. The Morgan fingerprint density at radius 2 is 1.62 bits per heavy atom. The summed E-state index contributed by atoms with van der Waals surface area (Å²) in [6.45, 7) is 6.43. The molecule has 0 saturated heterocycles. The molecule has 0 bridgehead atoms. The number of fused-ring (bicyclic) bond motifs is 1. The molecule has 1 atom stereocenters. The van der Waals surface area contributed by atoms with Gasteiger partial charge in [-0.25, -0.2) is 0 Å². The maximum absolute atomic E-state index is 6.17. The Morgan fingerprint density at radius 3 is 2.06 bits per heavy atom. The zero-order chi connectivity index (χ0) is 12.2. The molecule has 88 valence electrons. The van der Waals surface area contributed by atoms with E-state index in [1.807, 2.05) is 0 Å². The summed E-state index contributed by atoms with van der Waals surface area (Å²) in [5.74, 6) is 0. The average Bonchev–Trinajstić information content (AvgIpc) is 2.60. The SMILES string of the molecule is CC1=C(C)C2=C(Br)[CH]([Ti]([Cl])([Cl])[Cl])SC2=C1C. The van der Waals surface area contributed by atoms with Crippen LogP contribution in [0.1, 0.15) is 20.8 Å². The zero-order valence-electron chi connectivity index (χ0n) is 9.00. The Bertz CT molecular complexity index is 459. The summed E-state index contributed by atoms with van der Waals surface area (Å²) in [6, 6.07) is 0. The van der Waals surface area contributed by atoms with Gasteiger partial charge < -0.3 is 0 Å². The van der Waals surface area contributed by atoms with Gasteiger partial charge in [0.05, 0.1) is 0 Å². The molecule has 2 rings (SSSR count). The Kier molecular flexibility index (Phi) is 4.07. The van der Waals surface area contributed by atoms with Crippen molar-refractivity contribution in [1.82, 2.24) is 0 Å². The number of hydrogen-bond donors (Lipinski definition) is 0. The van der Waals surface area contributed by atoms with E-state index in [-0.39, 0.29) is 3.55 Å². The minimum atomic E-state index is -3.22. The van der Waals surface area contributed by atoms with Crippen LogP contribution in [-0.2, 0) is 13.4 Å². The molecule has 0 saturated carbocycles. The third kappa shape index (κ3) is 2.13. The van der Waals surface area contributed by atoms with Crippen LogP contribution in [0.5, 0.6) is 0 Å². The minimum absolute atomic E-state index is 0.0491. The first-order valence-corrected chi connectivity index (χ1v) is 13.8. The van der Waals surface area contributed by atoms with Gasteiger partial charge in [0.25, 0.3) is 0 Å². The molecule has 1 aliphatic carbocycles. The molecule has 0 amide bonds. The fourth-order valence-electron chi connectivity index (χ4n) is 1.94. The third-order valence-electron chi connectivity index (χ3n) is 3.07.